The van der Waals surface area contributed by atoms with Gasteiger partial charge in [0.15, 0.2) is 0 Å². The summed E-state index contributed by atoms with van der Waals surface area (Å²) in [5, 5.41) is 8.71. The van der Waals surface area contributed by atoms with Crippen LogP contribution in [0.15, 0.2) is 18.2 Å². The third-order valence-corrected chi connectivity index (χ3v) is 3.94. The van der Waals surface area contributed by atoms with Crippen molar-refractivity contribution >= 4 is 0 Å². The summed E-state index contributed by atoms with van der Waals surface area (Å²) >= 11 is 0. The van der Waals surface area contributed by atoms with Gasteiger partial charge in [0.05, 0.1) is 5.56 Å². The summed E-state index contributed by atoms with van der Waals surface area (Å²) in [4.78, 5) is 2.49. The molecule has 0 bridgehead atoms. The summed E-state index contributed by atoms with van der Waals surface area (Å²) in [6, 6.07) is 5.75. The molecule has 0 aliphatic carbocycles. The van der Waals surface area contributed by atoms with E-state index in [4.69, 9.17) is 5.11 Å². The van der Waals surface area contributed by atoms with Crippen LogP contribution < -0.4 is 0 Å². The highest BCUT2D eigenvalue weighted by Crippen LogP contribution is 2.22. The predicted octanol–water partition coefficient (Wildman–Crippen LogP) is 2.93. The molecular weight excluding hydrogens is 253 g/mol. The maximum Gasteiger partial charge on any atom is 0.138 e. The molecule has 1 aliphatic heterocycles. The fraction of sp³-hybridized carbons (Fsp3) is 0.529. The summed E-state index contributed by atoms with van der Waals surface area (Å²) < 4.78 is 13.6. The summed E-state index contributed by atoms with van der Waals surface area (Å²) in [6.07, 6.45) is 4.98. The molecule has 20 heavy (non-hydrogen) atoms. The average Bonchev–Trinajstić information content (AvgIpc) is 2.48. The fourth-order valence-electron chi connectivity index (χ4n) is 2.87. The van der Waals surface area contributed by atoms with Crippen LogP contribution >= 0.6 is 0 Å². The summed E-state index contributed by atoms with van der Waals surface area (Å²) in [5.74, 6) is 4.86. The van der Waals surface area contributed by atoms with Crippen LogP contribution in [0.2, 0.25) is 0 Å². The predicted molar refractivity (Wildman–Crippen MR) is 78.7 cm³/mol. The third-order valence-electron chi connectivity index (χ3n) is 3.94. The van der Waals surface area contributed by atoms with E-state index >= 15 is 0 Å². The minimum atomic E-state index is -0.319. The summed E-state index contributed by atoms with van der Waals surface area (Å²) in [7, 11) is 0. The zero-order chi connectivity index (χ0) is 14.4. The Labute approximate surface area is 120 Å². The van der Waals surface area contributed by atoms with Crippen LogP contribution in [0, 0.1) is 17.7 Å². The first-order valence-electron chi connectivity index (χ1n) is 7.36. The molecule has 0 saturated carbocycles. The fourth-order valence-corrected chi connectivity index (χ4v) is 2.87. The second-order valence-corrected chi connectivity index (χ2v) is 5.30. The van der Waals surface area contributed by atoms with Crippen LogP contribution in [0.1, 0.15) is 43.7 Å². The third kappa shape index (κ3) is 3.82. The molecule has 1 N–H and O–H groups in total. The van der Waals surface area contributed by atoms with Crippen LogP contribution in [0.5, 0.6) is 0 Å². The normalized spacial score (nSPS) is 19.4. The van der Waals surface area contributed by atoms with Crippen molar-refractivity contribution in [2.75, 3.05) is 13.2 Å². The summed E-state index contributed by atoms with van der Waals surface area (Å²) in [6.45, 7) is 3.96. The second-order valence-electron chi connectivity index (χ2n) is 5.30. The van der Waals surface area contributed by atoms with Gasteiger partial charge in [-0.05, 0) is 43.5 Å². The van der Waals surface area contributed by atoms with Crippen molar-refractivity contribution in [2.45, 2.75) is 45.2 Å². The quantitative estimate of drug-likeness (QED) is 0.857. The molecule has 1 aromatic rings. The first kappa shape index (κ1) is 15.0. The van der Waals surface area contributed by atoms with E-state index in [-0.39, 0.29) is 12.4 Å². The first-order valence-corrected chi connectivity index (χ1v) is 7.36. The van der Waals surface area contributed by atoms with Crippen LogP contribution in [-0.4, -0.2) is 29.2 Å². The highest BCUT2D eigenvalue weighted by Gasteiger charge is 2.20. The Hall–Kier alpha value is -1.37. The van der Waals surface area contributed by atoms with Crippen molar-refractivity contribution in [1.82, 2.24) is 4.90 Å². The minimum absolute atomic E-state index is 0.242. The topological polar surface area (TPSA) is 23.5 Å². The molecule has 0 aromatic heterocycles. The van der Waals surface area contributed by atoms with Gasteiger partial charge in [-0.1, -0.05) is 31.3 Å². The molecule has 1 atom stereocenters. The Kier molecular flexibility index (Phi) is 5.58. The number of piperidine rings is 1. The van der Waals surface area contributed by atoms with Gasteiger partial charge in [-0.3, -0.25) is 4.90 Å². The molecule has 0 radical (unpaired) electrons. The first-order chi connectivity index (χ1) is 9.74. The van der Waals surface area contributed by atoms with Crippen molar-refractivity contribution in [2.24, 2.45) is 0 Å². The Bertz CT molecular complexity index is 503. The lowest BCUT2D eigenvalue weighted by atomic mass is 9.99. The maximum atomic E-state index is 13.6. The Morgan fingerprint density at radius 2 is 2.25 bits per heavy atom. The van der Waals surface area contributed by atoms with Crippen molar-refractivity contribution in [3.8, 4) is 11.8 Å². The highest BCUT2D eigenvalue weighted by molar-refractivity contribution is 5.38. The summed E-state index contributed by atoms with van der Waals surface area (Å²) in [5.41, 5.74) is 1.47. The lowest BCUT2D eigenvalue weighted by molar-refractivity contribution is 0.136. The largest absolute Gasteiger partial charge is 0.384 e. The van der Waals surface area contributed by atoms with Gasteiger partial charge in [0.1, 0.15) is 12.4 Å². The number of hydrogen-bond acceptors (Lipinski definition) is 2. The molecule has 2 rings (SSSR count). The SMILES string of the molecule is CCC1CCCCN1Cc1ccc(F)c(C#CCO)c1. The maximum absolute atomic E-state index is 13.6. The molecule has 1 fully saturated rings. The van der Waals surface area contributed by atoms with Crippen LogP contribution in [0.4, 0.5) is 4.39 Å². The number of aliphatic hydroxyl groups is 1. The molecular formula is C17H22FNO. The standard InChI is InChI=1S/C17H22FNO/c1-2-16-7-3-4-10-19(16)13-14-8-9-17(18)15(12-14)6-5-11-20/h8-9,12,16,20H,2-4,7,10-11,13H2,1H3. The lowest BCUT2D eigenvalue weighted by Crippen LogP contribution is -2.38. The van der Waals surface area contributed by atoms with Gasteiger partial charge < -0.3 is 5.11 Å². The van der Waals surface area contributed by atoms with E-state index in [9.17, 15) is 4.39 Å². The van der Waals surface area contributed by atoms with E-state index in [0.717, 1.165) is 18.7 Å². The second kappa shape index (κ2) is 7.42. The van der Waals surface area contributed by atoms with Gasteiger partial charge in [-0.25, -0.2) is 4.39 Å². The molecule has 1 heterocycles. The number of halogens is 1. The van der Waals surface area contributed by atoms with E-state index < -0.39 is 0 Å². The van der Waals surface area contributed by atoms with E-state index in [1.54, 1.807) is 6.07 Å². The van der Waals surface area contributed by atoms with Gasteiger partial charge in [-0.2, -0.15) is 0 Å². The van der Waals surface area contributed by atoms with E-state index in [1.165, 1.54) is 31.7 Å². The Morgan fingerprint density at radius 1 is 1.40 bits per heavy atom. The van der Waals surface area contributed by atoms with Crippen molar-refractivity contribution in [3.63, 3.8) is 0 Å². The molecule has 3 heteroatoms. The minimum Gasteiger partial charge on any atom is -0.384 e. The zero-order valence-electron chi connectivity index (χ0n) is 12.0. The highest BCUT2D eigenvalue weighted by atomic mass is 19.1. The van der Waals surface area contributed by atoms with Crippen LogP contribution in [0.3, 0.4) is 0 Å². The van der Waals surface area contributed by atoms with Crippen LogP contribution in [0.25, 0.3) is 0 Å². The molecule has 1 aromatic carbocycles. The molecule has 1 saturated heterocycles. The van der Waals surface area contributed by atoms with Crippen molar-refractivity contribution in [3.05, 3.63) is 35.1 Å². The number of benzene rings is 1. The van der Waals surface area contributed by atoms with Gasteiger partial charge in [-0.15, -0.1) is 0 Å². The van der Waals surface area contributed by atoms with E-state index in [1.807, 2.05) is 6.07 Å². The Morgan fingerprint density at radius 3 is 3.00 bits per heavy atom. The van der Waals surface area contributed by atoms with E-state index in [0.29, 0.717) is 11.6 Å². The molecule has 0 amide bonds. The smallest absolute Gasteiger partial charge is 0.138 e. The van der Waals surface area contributed by atoms with Gasteiger partial charge in [0, 0.05) is 12.6 Å². The molecule has 1 aliphatic rings. The Balaban J connectivity index is 2.12. The number of nitrogens with zero attached hydrogens (tertiary/aromatic N) is 1. The van der Waals surface area contributed by atoms with Gasteiger partial charge in [0.2, 0.25) is 0 Å². The monoisotopic (exact) mass is 275 g/mol. The molecule has 1 unspecified atom stereocenters. The van der Waals surface area contributed by atoms with Crippen molar-refractivity contribution in [1.29, 1.82) is 0 Å². The number of hydrogen-bond donors (Lipinski definition) is 1. The molecule has 2 nitrogen and oxygen atoms in total. The van der Waals surface area contributed by atoms with Gasteiger partial charge in [0.25, 0.3) is 0 Å². The number of likely N-dealkylation sites (tertiary alicyclic amines) is 1. The lowest BCUT2D eigenvalue weighted by Gasteiger charge is -2.35. The molecule has 0 spiro atoms. The van der Waals surface area contributed by atoms with Gasteiger partial charge >= 0.3 is 0 Å². The molecule has 108 valence electrons. The average molecular weight is 275 g/mol. The zero-order valence-corrected chi connectivity index (χ0v) is 12.0. The van der Waals surface area contributed by atoms with Crippen LogP contribution in [-0.2, 0) is 6.54 Å². The van der Waals surface area contributed by atoms with E-state index in [2.05, 4.69) is 23.7 Å². The van der Waals surface area contributed by atoms with Crippen molar-refractivity contribution < 1.29 is 9.50 Å². The number of rotatable bonds is 3. The number of aliphatic hydroxyl groups excluding tert-OH is 1.